The van der Waals surface area contributed by atoms with E-state index >= 15 is 0 Å². The average Bonchev–Trinajstić information content (AvgIpc) is 3.41. The summed E-state index contributed by atoms with van der Waals surface area (Å²) in [5, 5.41) is 7.98. The van der Waals surface area contributed by atoms with E-state index in [9.17, 15) is 14.4 Å². The zero-order valence-electron chi connectivity index (χ0n) is 20.7. The molecule has 3 fully saturated rings. The lowest BCUT2D eigenvalue weighted by Crippen LogP contribution is -2.52. The van der Waals surface area contributed by atoms with Gasteiger partial charge in [0, 0.05) is 11.4 Å². The van der Waals surface area contributed by atoms with Crippen LogP contribution < -0.4 is 11.1 Å². The molecule has 2 saturated carbocycles. The maximum atomic E-state index is 13.7. The highest BCUT2D eigenvalue weighted by atomic mass is 16.2. The van der Waals surface area contributed by atoms with Crippen LogP contribution in [0.2, 0.25) is 0 Å². The van der Waals surface area contributed by atoms with E-state index in [0.29, 0.717) is 28.2 Å². The van der Waals surface area contributed by atoms with Gasteiger partial charge in [-0.2, -0.15) is 5.10 Å². The molecule has 10 heteroatoms. The Morgan fingerprint density at radius 1 is 1.03 bits per heavy atom. The first kappa shape index (κ1) is 22.8. The van der Waals surface area contributed by atoms with Crippen molar-refractivity contribution in [2.75, 3.05) is 5.32 Å². The number of carbonyl (C=O) groups is 3. The average molecular weight is 510 g/mol. The van der Waals surface area contributed by atoms with Gasteiger partial charge in [0.25, 0.3) is 5.91 Å². The van der Waals surface area contributed by atoms with Gasteiger partial charge in [-0.1, -0.05) is 18.2 Å². The van der Waals surface area contributed by atoms with Crippen LogP contribution in [-0.2, 0) is 16.1 Å². The lowest BCUT2D eigenvalue weighted by Gasteiger charge is -2.34. The van der Waals surface area contributed by atoms with Crippen LogP contribution in [0, 0.1) is 5.92 Å². The summed E-state index contributed by atoms with van der Waals surface area (Å²) in [6.07, 6.45) is 6.37. The van der Waals surface area contributed by atoms with Crippen LogP contribution >= 0.6 is 0 Å². The minimum absolute atomic E-state index is 0.00449. The van der Waals surface area contributed by atoms with E-state index in [0.717, 1.165) is 43.2 Å². The van der Waals surface area contributed by atoms with E-state index in [2.05, 4.69) is 20.4 Å². The number of rotatable bonds is 6. The number of nitrogens with two attached hydrogens (primary N) is 1. The summed E-state index contributed by atoms with van der Waals surface area (Å²) in [4.78, 5) is 49.9. The third-order valence-corrected chi connectivity index (χ3v) is 8.18. The molecule has 2 aromatic carbocycles. The maximum Gasteiger partial charge on any atom is 0.269 e. The molecule has 3 amide bonds. The molecule has 10 nitrogen and oxygen atoms in total. The molecule has 4 aromatic rings. The fourth-order valence-electron chi connectivity index (χ4n) is 6.28. The number of hydrogen-bond acceptors (Lipinski definition) is 6. The summed E-state index contributed by atoms with van der Waals surface area (Å²) in [5.74, 6) is -0.116. The molecule has 2 bridgehead atoms. The predicted octanol–water partition coefficient (Wildman–Crippen LogP) is 2.97. The fraction of sp³-hybridized carbons (Fsp3) is 0.357. The highest BCUT2D eigenvalue weighted by Crippen LogP contribution is 2.43. The number of aromatic nitrogens is 4. The molecule has 1 saturated heterocycles. The molecule has 3 N–H and O–H groups in total. The Bertz CT molecular complexity index is 1630. The lowest BCUT2D eigenvalue weighted by atomic mass is 9.97. The molecule has 0 spiro atoms. The largest absolute Gasteiger partial charge is 0.364 e. The number of fused-ring (bicyclic) bond motifs is 4. The highest BCUT2D eigenvalue weighted by Gasteiger charge is 2.51. The van der Waals surface area contributed by atoms with E-state index in [-0.39, 0.29) is 36.0 Å². The molecule has 7 rings (SSSR count). The summed E-state index contributed by atoms with van der Waals surface area (Å²) < 4.78 is 1.55. The van der Waals surface area contributed by atoms with Crippen molar-refractivity contribution in [2.45, 2.75) is 56.7 Å². The second-order valence-electron chi connectivity index (χ2n) is 10.6. The second-order valence-corrected chi connectivity index (χ2v) is 10.6. The van der Waals surface area contributed by atoms with Crippen LogP contribution in [0.15, 0.2) is 48.7 Å². The molecule has 192 valence electrons. The predicted molar refractivity (Wildman–Crippen MR) is 140 cm³/mol. The summed E-state index contributed by atoms with van der Waals surface area (Å²) in [6, 6.07) is 12.8. The van der Waals surface area contributed by atoms with Gasteiger partial charge in [0.05, 0.1) is 22.7 Å². The quantitative estimate of drug-likeness (QED) is 0.410. The SMILES string of the molecule is NC(=O)c1nn(CC(=O)N2[C@@H]3CC[C@@H](C3)[C@H]2C(=O)Nc2cnc3ccccc3n2)c2ccc(C3CC3)cc12. The van der Waals surface area contributed by atoms with Crippen LogP contribution in [0.5, 0.6) is 0 Å². The van der Waals surface area contributed by atoms with E-state index in [4.69, 9.17) is 5.73 Å². The summed E-state index contributed by atoms with van der Waals surface area (Å²) in [7, 11) is 0. The molecule has 2 aromatic heterocycles. The molecule has 0 radical (unpaired) electrons. The van der Waals surface area contributed by atoms with Crippen molar-refractivity contribution in [3.63, 3.8) is 0 Å². The van der Waals surface area contributed by atoms with Gasteiger partial charge in [-0.15, -0.1) is 0 Å². The van der Waals surface area contributed by atoms with E-state index < -0.39 is 11.9 Å². The van der Waals surface area contributed by atoms with Crippen molar-refractivity contribution in [3.05, 3.63) is 59.9 Å². The Labute approximate surface area is 218 Å². The summed E-state index contributed by atoms with van der Waals surface area (Å²) in [5.41, 5.74) is 9.08. The minimum Gasteiger partial charge on any atom is -0.364 e. The number of nitrogens with one attached hydrogen (secondary N) is 1. The minimum atomic E-state index is -0.622. The number of hydrogen-bond donors (Lipinski definition) is 2. The van der Waals surface area contributed by atoms with Crippen molar-refractivity contribution in [1.82, 2.24) is 24.6 Å². The molecule has 38 heavy (non-hydrogen) atoms. The van der Waals surface area contributed by atoms with Gasteiger partial charge < -0.3 is 16.0 Å². The number of primary amides is 1. The molecule has 2 aliphatic carbocycles. The van der Waals surface area contributed by atoms with Gasteiger partial charge in [0.1, 0.15) is 12.6 Å². The van der Waals surface area contributed by atoms with Gasteiger partial charge in [-0.05, 0) is 73.8 Å². The highest BCUT2D eigenvalue weighted by molar-refractivity contribution is 6.04. The van der Waals surface area contributed by atoms with Gasteiger partial charge >= 0.3 is 0 Å². The number of carbonyl (C=O) groups excluding carboxylic acids is 3. The van der Waals surface area contributed by atoms with Gasteiger partial charge in [-0.3, -0.25) is 24.0 Å². The molecule has 1 aliphatic heterocycles. The topological polar surface area (TPSA) is 136 Å². The van der Waals surface area contributed by atoms with Crippen LogP contribution in [-0.4, -0.2) is 54.5 Å². The normalized spacial score (nSPS) is 22.3. The second kappa shape index (κ2) is 8.61. The van der Waals surface area contributed by atoms with Crippen LogP contribution in [0.25, 0.3) is 21.9 Å². The molecule has 0 unspecified atom stereocenters. The van der Waals surface area contributed by atoms with Crippen molar-refractivity contribution in [2.24, 2.45) is 11.7 Å². The Morgan fingerprint density at radius 2 is 1.84 bits per heavy atom. The van der Waals surface area contributed by atoms with Crippen molar-refractivity contribution < 1.29 is 14.4 Å². The summed E-state index contributed by atoms with van der Waals surface area (Å²) in [6.45, 7) is -0.0741. The maximum absolute atomic E-state index is 13.7. The zero-order chi connectivity index (χ0) is 26.0. The Balaban J connectivity index is 1.15. The zero-order valence-corrected chi connectivity index (χ0v) is 20.7. The number of benzene rings is 2. The number of likely N-dealkylation sites (tertiary alicyclic amines) is 1. The number of para-hydroxylation sites is 2. The van der Waals surface area contributed by atoms with E-state index in [1.807, 2.05) is 42.5 Å². The summed E-state index contributed by atoms with van der Waals surface area (Å²) >= 11 is 0. The first-order valence-electron chi connectivity index (χ1n) is 13.1. The van der Waals surface area contributed by atoms with E-state index in [1.54, 1.807) is 9.58 Å². The Hall–Kier alpha value is -4.34. The van der Waals surface area contributed by atoms with Gasteiger partial charge in [-0.25, -0.2) is 4.98 Å². The van der Waals surface area contributed by atoms with Crippen LogP contribution in [0.4, 0.5) is 5.82 Å². The Kier molecular flexibility index (Phi) is 5.17. The van der Waals surface area contributed by atoms with Crippen molar-refractivity contribution in [3.8, 4) is 0 Å². The number of anilines is 1. The number of nitrogens with zero attached hydrogens (tertiary/aromatic N) is 5. The molecule has 3 heterocycles. The fourth-order valence-corrected chi connectivity index (χ4v) is 6.28. The molecule has 3 aliphatic rings. The van der Waals surface area contributed by atoms with Crippen LogP contribution in [0.3, 0.4) is 0 Å². The first-order chi connectivity index (χ1) is 18.5. The Morgan fingerprint density at radius 3 is 2.63 bits per heavy atom. The van der Waals surface area contributed by atoms with Gasteiger partial charge in [0.15, 0.2) is 11.5 Å². The molecule has 3 atom stereocenters. The van der Waals surface area contributed by atoms with Gasteiger partial charge in [0.2, 0.25) is 11.8 Å². The monoisotopic (exact) mass is 509 g/mol. The number of piperidine rings is 1. The van der Waals surface area contributed by atoms with Crippen molar-refractivity contribution in [1.29, 1.82) is 0 Å². The smallest absolute Gasteiger partial charge is 0.269 e. The molecular weight excluding hydrogens is 482 g/mol. The van der Waals surface area contributed by atoms with Crippen molar-refractivity contribution >= 4 is 45.5 Å². The van der Waals surface area contributed by atoms with Crippen LogP contribution in [0.1, 0.15) is 54.1 Å². The van der Waals surface area contributed by atoms with E-state index in [1.165, 1.54) is 6.20 Å². The number of amides is 3. The lowest BCUT2D eigenvalue weighted by molar-refractivity contribution is -0.141. The third-order valence-electron chi connectivity index (χ3n) is 8.18. The standard InChI is InChI=1S/C28H27N7O3/c29-27(37)25-19-12-16(15-5-6-15)8-10-22(19)34(33-25)14-24(36)35-18-9-7-17(11-18)26(35)28(38)32-23-13-30-20-3-1-2-4-21(20)31-23/h1-4,8,10,12-13,15,17-18,26H,5-7,9,11,14H2,(H2,29,37)(H,31,32,38)/t17-,18+,26-/m0/s1. The third kappa shape index (κ3) is 3.79. The first-order valence-corrected chi connectivity index (χ1v) is 13.1. The molecular formula is C28H27N7O3.